The van der Waals surface area contributed by atoms with Crippen molar-refractivity contribution in [2.24, 2.45) is 0 Å². The zero-order valence-electron chi connectivity index (χ0n) is 13.1. The third-order valence-corrected chi connectivity index (χ3v) is 4.35. The Morgan fingerprint density at radius 3 is 2.57 bits per heavy atom. The molecule has 1 fully saturated rings. The van der Waals surface area contributed by atoms with Gasteiger partial charge in [-0.15, -0.1) is 0 Å². The lowest BCUT2D eigenvalue weighted by molar-refractivity contribution is -0.136. The van der Waals surface area contributed by atoms with Gasteiger partial charge in [0.05, 0.1) is 0 Å². The molecular weight excluding hydrogens is 264 g/mol. The summed E-state index contributed by atoms with van der Waals surface area (Å²) >= 11 is 0. The van der Waals surface area contributed by atoms with Gasteiger partial charge in [-0.3, -0.25) is 9.59 Å². The number of amides is 2. The van der Waals surface area contributed by atoms with Crippen molar-refractivity contribution in [3.05, 3.63) is 35.9 Å². The first kappa shape index (κ1) is 15.5. The van der Waals surface area contributed by atoms with Crippen LogP contribution in [0.2, 0.25) is 0 Å². The first-order valence-electron chi connectivity index (χ1n) is 7.46. The van der Waals surface area contributed by atoms with Gasteiger partial charge >= 0.3 is 0 Å². The molecule has 2 rings (SSSR count). The number of benzene rings is 1. The standard InChI is InChI=1S/C17H24N2O2/c1-17(14-7-5-4-6-8-14)11-9-16(21)19(13-17)12-10-15(20)18(2)3/h4-8H,9-13H2,1-3H3/t17-/m1/s1. The van der Waals surface area contributed by atoms with Crippen molar-refractivity contribution in [3.8, 4) is 0 Å². The Balaban J connectivity index is 2.05. The lowest BCUT2D eigenvalue weighted by atomic mass is 9.75. The van der Waals surface area contributed by atoms with E-state index in [0.717, 1.165) is 6.42 Å². The van der Waals surface area contributed by atoms with E-state index in [2.05, 4.69) is 19.1 Å². The summed E-state index contributed by atoms with van der Waals surface area (Å²) in [7, 11) is 3.49. The second-order valence-electron chi connectivity index (χ2n) is 6.28. The first-order valence-corrected chi connectivity index (χ1v) is 7.46. The van der Waals surface area contributed by atoms with Crippen LogP contribution in [-0.4, -0.2) is 48.8 Å². The summed E-state index contributed by atoms with van der Waals surface area (Å²) in [6.07, 6.45) is 1.82. The lowest BCUT2D eigenvalue weighted by Gasteiger charge is -2.40. The number of likely N-dealkylation sites (tertiary alicyclic amines) is 1. The van der Waals surface area contributed by atoms with Crippen LogP contribution in [0.5, 0.6) is 0 Å². The second-order valence-corrected chi connectivity index (χ2v) is 6.28. The molecule has 1 aromatic carbocycles. The van der Waals surface area contributed by atoms with Crippen LogP contribution in [0.4, 0.5) is 0 Å². The van der Waals surface area contributed by atoms with Crippen LogP contribution >= 0.6 is 0 Å². The topological polar surface area (TPSA) is 40.6 Å². The Labute approximate surface area is 126 Å². The molecule has 1 saturated heterocycles. The lowest BCUT2D eigenvalue weighted by Crippen LogP contribution is -2.48. The number of carbonyl (C=O) groups excluding carboxylic acids is 2. The summed E-state index contributed by atoms with van der Waals surface area (Å²) in [4.78, 5) is 27.2. The van der Waals surface area contributed by atoms with Crippen molar-refractivity contribution >= 4 is 11.8 Å². The Kier molecular flexibility index (Phi) is 4.66. The van der Waals surface area contributed by atoms with E-state index >= 15 is 0 Å². The highest BCUT2D eigenvalue weighted by molar-refractivity contribution is 5.79. The molecule has 0 aliphatic carbocycles. The van der Waals surface area contributed by atoms with E-state index in [1.807, 2.05) is 23.1 Å². The first-order chi connectivity index (χ1) is 9.92. The fraction of sp³-hybridized carbons (Fsp3) is 0.529. The highest BCUT2D eigenvalue weighted by Crippen LogP contribution is 2.34. The molecule has 0 spiro atoms. The average molecular weight is 288 g/mol. The molecule has 1 aromatic rings. The normalized spacial score (nSPS) is 22.2. The zero-order valence-corrected chi connectivity index (χ0v) is 13.1. The Bertz CT molecular complexity index is 513. The van der Waals surface area contributed by atoms with Gasteiger partial charge in [0.15, 0.2) is 0 Å². The van der Waals surface area contributed by atoms with Crippen LogP contribution in [0, 0.1) is 0 Å². The van der Waals surface area contributed by atoms with Crippen LogP contribution in [0.25, 0.3) is 0 Å². The number of rotatable bonds is 4. The third-order valence-electron chi connectivity index (χ3n) is 4.35. The van der Waals surface area contributed by atoms with Crippen molar-refractivity contribution < 1.29 is 9.59 Å². The van der Waals surface area contributed by atoms with E-state index in [1.54, 1.807) is 19.0 Å². The minimum atomic E-state index is -0.0175. The number of nitrogens with zero attached hydrogens (tertiary/aromatic N) is 2. The molecule has 0 aromatic heterocycles. The molecule has 4 heteroatoms. The summed E-state index contributed by atoms with van der Waals surface area (Å²) < 4.78 is 0. The smallest absolute Gasteiger partial charge is 0.223 e. The van der Waals surface area contributed by atoms with E-state index in [1.165, 1.54) is 5.56 Å². The minimum Gasteiger partial charge on any atom is -0.349 e. The monoisotopic (exact) mass is 288 g/mol. The predicted molar refractivity (Wildman–Crippen MR) is 82.9 cm³/mol. The van der Waals surface area contributed by atoms with Gasteiger partial charge in [-0.05, 0) is 12.0 Å². The maximum absolute atomic E-state index is 12.1. The minimum absolute atomic E-state index is 0.0175. The van der Waals surface area contributed by atoms with Crippen LogP contribution < -0.4 is 0 Å². The summed E-state index contributed by atoms with van der Waals surface area (Å²) in [6, 6.07) is 10.3. The quantitative estimate of drug-likeness (QED) is 0.851. The molecule has 0 unspecified atom stereocenters. The van der Waals surface area contributed by atoms with Gasteiger partial charge in [0.2, 0.25) is 11.8 Å². The molecule has 0 saturated carbocycles. The fourth-order valence-electron chi connectivity index (χ4n) is 2.86. The van der Waals surface area contributed by atoms with Crippen LogP contribution in [0.1, 0.15) is 31.7 Å². The van der Waals surface area contributed by atoms with Crippen molar-refractivity contribution in [1.82, 2.24) is 9.80 Å². The van der Waals surface area contributed by atoms with Gasteiger partial charge in [-0.1, -0.05) is 37.3 Å². The predicted octanol–water partition coefficient (Wildman–Crippen LogP) is 2.04. The molecular formula is C17H24N2O2. The Hall–Kier alpha value is -1.84. The van der Waals surface area contributed by atoms with Crippen molar-refractivity contribution in [3.63, 3.8) is 0 Å². The third kappa shape index (κ3) is 3.63. The molecule has 1 aliphatic heterocycles. The molecule has 0 N–H and O–H groups in total. The van der Waals surface area contributed by atoms with Gasteiger partial charge in [0.25, 0.3) is 0 Å². The van der Waals surface area contributed by atoms with E-state index < -0.39 is 0 Å². The van der Waals surface area contributed by atoms with Crippen LogP contribution in [0.15, 0.2) is 30.3 Å². The van der Waals surface area contributed by atoms with Crippen molar-refractivity contribution in [2.75, 3.05) is 27.2 Å². The summed E-state index contributed by atoms with van der Waals surface area (Å²) in [5, 5.41) is 0. The summed E-state index contributed by atoms with van der Waals surface area (Å²) in [5.41, 5.74) is 1.25. The van der Waals surface area contributed by atoms with Gasteiger partial charge in [0.1, 0.15) is 0 Å². The highest BCUT2D eigenvalue weighted by atomic mass is 16.2. The summed E-state index contributed by atoms with van der Waals surface area (Å²) in [5.74, 6) is 0.227. The maximum atomic E-state index is 12.1. The van der Waals surface area contributed by atoms with E-state index in [-0.39, 0.29) is 17.2 Å². The molecule has 1 heterocycles. The molecule has 1 aliphatic rings. The molecule has 2 amide bonds. The largest absolute Gasteiger partial charge is 0.349 e. The van der Waals surface area contributed by atoms with Gasteiger partial charge in [-0.25, -0.2) is 0 Å². The number of carbonyl (C=O) groups is 2. The highest BCUT2D eigenvalue weighted by Gasteiger charge is 2.36. The Morgan fingerprint density at radius 1 is 1.29 bits per heavy atom. The van der Waals surface area contributed by atoms with Gasteiger partial charge in [-0.2, -0.15) is 0 Å². The molecule has 1 atom stereocenters. The van der Waals surface area contributed by atoms with Crippen LogP contribution in [-0.2, 0) is 15.0 Å². The average Bonchev–Trinajstić information content (AvgIpc) is 2.49. The zero-order chi connectivity index (χ0) is 15.5. The SMILES string of the molecule is CN(C)C(=O)CCN1C[C@](C)(c2ccccc2)CCC1=O. The molecule has 0 bridgehead atoms. The number of hydrogen-bond acceptors (Lipinski definition) is 2. The number of hydrogen-bond donors (Lipinski definition) is 0. The van der Waals surface area contributed by atoms with Gasteiger partial charge < -0.3 is 9.80 Å². The second kappa shape index (κ2) is 6.29. The summed E-state index contributed by atoms with van der Waals surface area (Å²) in [6.45, 7) is 3.41. The van der Waals surface area contributed by atoms with Crippen molar-refractivity contribution in [1.29, 1.82) is 0 Å². The maximum Gasteiger partial charge on any atom is 0.223 e. The molecule has 4 nitrogen and oxygen atoms in total. The van der Waals surface area contributed by atoms with E-state index in [0.29, 0.717) is 25.9 Å². The molecule has 21 heavy (non-hydrogen) atoms. The molecule has 0 radical (unpaired) electrons. The van der Waals surface area contributed by atoms with Gasteiger partial charge in [0, 0.05) is 45.4 Å². The van der Waals surface area contributed by atoms with E-state index in [9.17, 15) is 9.59 Å². The number of piperidine rings is 1. The Morgan fingerprint density at radius 2 is 1.95 bits per heavy atom. The fourth-order valence-corrected chi connectivity index (χ4v) is 2.86. The van der Waals surface area contributed by atoms with E-state index in [4.69, 9.17) is 0 Å². The molecule has 114 valence electrons. The van der Waals surface area contributed by atoms with Crippen molar-refractivity contribution in [2.45, 2.75) is 31.6 Å². The van der Waals surface area contributed by atoms with Crippen LogP contribution in [0.3, 0.4) is 0 Å².